The topological polar surface area (TPSA) is 62.5 Å². The molecule has 2 rings (SSSR count). The molecule has 0 spiro atoms. The molecule has 0 amide bonds. The van der Waals surface area contributed by atoms with Crippen molar-refractivity contribution in [2.75, 3.05) is 20.3 Å². The maximum atomic E-state index is 12.2. The summed E-state index contributed by atoms with van der Waals surface area (Å²) in [5.41, 5.74) is 0.720. The summed E-state index contributed by atoms with van der Waals surface area (Å²) in [7, 11) is 1.60. The first-order chi connectivity index (χ1) is 9.08. The highest BCUT2D eigenvalue weighted by Crippen LogP contribution is 2.15. The number of aromatic nitrogens is 2. The molecule has 0 N–H and O–H groups in total. The van der Waals surface area contributed by atoms with Crippen molar-refractivity contribution in [3.8, 4) is 0 Å². The zero-order chi connectivity index (χ0) is 14.0. The van der Waals surface area contributed by atoms with Crippen LogP contribution >= 0.6 is 0 Å². The first-order valence-electron chi connectivity index (χ1n) is 6.23. The summed E-state index contributed by atoms with van der Waals surface area (Å²) in [6.45, 7) is 4.63. The quantitative estimate of drug-likeness (QED) is 0.782. The van der Waals surface area contributed by atoms with E-state index < -0.39 is 0 Å². The molecule has 1 aliphatic heterocycles. The van der Waals surface area contributed by atoms with Gasteiger partial charge in [-0.3, -0.25) is 13.9 Å². The van der Waals surface area contributed by atoms with Crippen LogP contribution in [0.5, 0.6) is 0 Å². The monoisotopic (exact) mass is 266 g/mol. The molecule has 0 saturated carbocycles. The van der Waals surface area contributed by atoms with E-state index in [2.05, 4.69) is 0 Å². The second-order valence-electron chi connectivity index (χ2n) is 4.48. The molecule has 1 aromatic heterocycles. The van der Waals surface area contributed by atoms with Crippen LogP contribution in [0, 0.1) is 6.92 Å². The summed E-state index contributed by atoms with van der Waals surface area (Å²) in [6, 6.07) is 0. The fourth-order valence-electron chi connectivity index (χ4n) is 2.13. The lowest BCUT2D eigenvalue weighted by Crippen LogP contribution is -2.40. The number of nitrogens with zero attached hydrogens (tertiary/aromatic N) is 2. The third kappa shape index (κ3) is 2.54. The molecule has 1 atom stereocenters. The summed E-state index contributed by atoms with van der Waals surface area (Å²) in [6.07, 6.45) is 3.28. The summed E-state index contributed by atoms with van der Waals surface area (Å²) >= 11 is 0. The maximum Gasteiger partial charge on any atom is 0.335 e. The van der Waals surface area contributed by atoms with Gasteiger partial charge in [0.25, 0.3) is 5.56 Å². The lowest BCUT2D eigenvalue weighted by atomic mass is 10.3. The fourth-order valence-corrected chi connectivity index (χ4v) is 2.13. The predicted octanol–water partition coefficient (Wildman–Crippen LogP) is 0.224. The molecule has 0 bridgehead atoms. The highest BCUT2D eigenvalue weighted by Gasteiger charge is 2.19. The van der Waals surface area contributed by atoms with Gasteiger partial charge in [0.2, 0.25) is 0 Å². The van der Waals surface area contributed by atoms with Crippen molar-refractivity contribution in [2.24, 2.45) is 0 Å². The van der Waals surface area contributed by atoms with E-state index in [4.69, 9.17) is 9.47 Å². The van der Waals surface area contributed by atoms with E-state index in [1.807, 2.05) is 6.08 Å². The van der Waals surface area contributed by atoms with Gasteiger partial charge in [0.15, 0.2) is 0 Å². The van der Waals surface area contributed by atoms with Gasteiger partial charge in [-0.05, 0) is 19.9 Å². The minimum absolute atomic E-state index is 0.144. The van der Waals surface area contributed by atoms with E-state index in [1.165, 1.54) is 9.13 Å². The van der Waals surface area contributed by atoms with Crippen LogP contribution in [0.2, 0.25) is 0 Å². The van der Waals surface area contributed by atoms with E-state index in [1.54, 1.807) is 27.2 Å². The van der Waals surface area contributed by atoms with Crippen molar-refractivity contribution < 1.29 is 9.47 Å². The Kier molecular flexibility index (Phi) is 4.01. The molecule has 104 valence electrons. The molecule has 0 aliphatic carbocycles. The normalized spacial score (nSPS) is 18.7. The second kappa shape index (κ2) is 5.54. The summed E-state index contributed by atoms with van der Waals surface area (Å²) in [5, 5.41) is 0. The molecule has 0 radical (unpaired) electrons. The lowest BCUT2D eigenvalue weighted by molar-refractivity contribution is 0.0526. The highest BCUT2D eigenvalue weighted by atomic mass is 16.5. The third-order valence-electron chi connectivity index (χ3n) is 3.12. The fraction of sp³-hybridized carbons (Fsp3) is 0.538. The maximum absolute atomic E-state index is 12.2. The molecule has 0 aromatic carbocycles. The SMILES string of the molecule is CCn1c(=O)c(C)cn(C2=C[C@@H](COC)OC2)c1=O. The van der Waals surface area contributed by atoms with Crippen LogP contribution in [0.4, 0.5) is 0 Å². The van der Waals surface area contributed by atoms with Crippen LogP contribution in [-0.2, 0) is 16.0 Å². The van der Waals surface area contributed by atoms with Crippen molar-refractivity contribution >= 4 is 5.70 Å². The average molecular weight is 266 g/mol. The summed E-state index contributed by atoms with van der Waals surface area (Å²) in [5.74, 6) is 0. The third-order valence-corrected chi connectivity index (χ3v) is 3.12. The van der Waals surface area contributed by atoms with Crippen LogP contribution in [0.15, 0.2) is 21.9 Å². The van der Waals surface area contributed by atoms with Gasteiger partial charge in [-0.15, -0.1) is 0 Å². The van der Waals surface area contributed by atoms with Crippen LogP contribution in [0.3, 0.4) is 0 Å². The Morgan fingerprint density at radius 2 is 2.21 bits per heavy atom. The molecule has 2 heterocycles. The molecule has 19 heavy (non-hydrogen) atoms. The largest absolute Gasteiger partial charge is 0.382 e. The molecule has 1 aliphatic rings. The molecule has 0 fully saturated rings. The van der Waals surface area contributed by atoms with Crippen LogP contribution in [0.25, 0.3) is 5.70 Å². The number of methoxy groups -OCH3 is 1. The van der Waals surface area contributed by atoms with Gasteiger partial charge in [0.1, 0.15) is 6.10 Å². The zero-order valence-corrected chi connectivity index (χ0v) is 11.4. The lowest BCUT2D eigenvalue weighted by Gasteiger charge is -2.10. The smallest absolute Gasteiger partial charge is 0.335 e. The minimum Gasteiger partial charge on any atom is -0.382 e. The van der Waals surface area contributed by atoms with Gasteiger partial charge in [-0.25, -0.2) is 4.79 Å². The van der Waals surface area contributed by atoms with Gasteiger partial charge in [-0.2, -0.15) is 0 Å². The molecule has 6 heteroatoms. The molecule has 1 aromatic rings. The van der Waals surface area contributed by atoms with E-state index >= 15 is 0 Å². The predicted molar refractivity (Wildman–Crippen MR) is 71.3 cm³/mol. The van der Waals surface area contributed by atoms with Crippen LogP contribution in [-0.4, -0.2) is 35.6 Å². The summed E-state index contributed by atoms with van der Waals surface area (Å²) < 4.78 is 13.2. The van der Waals surface area contributed by atoms with Crippen molar-refractivity contribution in [3.05, 3.63) is 38.7 Å². The van der Waals surface area contributed by atoms with Crippen molar-refractivity contribution in [3.63, 3.8) is 0 Å². The minimum atomic E-state index is -0.328. The Hall–Kier alpha value is -1.66. The first kappa shape index (κ1) is 13.8. The Morgan fingerprint density at radius 1 is 1.47 bits per heavy atom. The van der Waals surface area contributed by atoms with Crippen molar-refractivity contribution in [1.82, 2.24) is 9.13 Å². The van der Waals surface area contributed by atoms with E-state index in [0.29, 0.717) is 25.3 Å². The number of hydrogen-bond acceptors (Lipinski definition) is 4. The molecular weight excluding hydrogens is 248 g/mol. The first-order valence-corrected chi connectivity index (χ1v) is 6.23. The average Bonchev–Trinajstić information content (AvgIpc) is 2.83. The number of ether oxygens (including phenoxy) is 2. The Labute approximate surface area is 110 Å². The number of hydrogen-bond donors (Lipinski definition) is 0. The van der Waals surface area contributed by atoms with Crippen molar-refractivity contribution in [1.29, 1.82) is 0 Å². The Balaban J connectivity index is 2.47. The Bertz CT molecular complexity index is 612. The molecular formula is C13H18N2O4. The number of rotatable bonds is 4. The standard InChI is InChI=1S/C13H18N2O4/c1-4-14-12(16)9(2)6-15(13(14)17)10-5-11(8-18-3)19-7-10/h5-6,11H,4,7-8H2,1-3H3/t11-/m0/s1. The van der Waals surface area contributed by atoms with Gasteiger partial charge < -0.3 is 9.47 Å². The molecule has 0 saturated heterocycles. The zero-order valence-electron chi connectivity index (χ0n) is 11.4. The van der Waals surface area contributed by atoms with Gasteiger partial charge in [0, 0.05) is 25.4 Å². The molecule has 0 unspecified atom stereocenters. The van der Waals surface area contributed by atoms with Crippen LogP contribution < -0.4 is 11.2 Å². The van der Waals surface area contributed by atoms with Gasteiger partial charge >= 0.3 is 5.69 Å². The van der Waals surface area contributed by atoms with Crippen molar-refractivity contribution in [2.45, 2.75) is 26.5 Å². The van der Waals surface area contributed by atoms with Gasteiger partial charge in [-0.1, -0.05) is 0 Å². The molecule has 6 nitrogen and oxygen atoms in total. The van der Waals surface area contributed by atoms with Gasteiger partial charge in [0.05, 0.1) is 18.9 Å². The second-order valence-corrected chi connectivity index (χ2v) is 4.48. The summed E-state index contributed by atoms with van der Waals surface area (Å²) in [4.78, 5) is 24.1. The highest BCUT2D eigenvalue weighted by molar-refractivity contribution is 5.49. The van der Waals surface area contributed by atoms with E-state index in [-0.39, 0.29) is 17.4 Å². The Morgan fingerprint density at radius 3 is 2.84 bits per heavy atom. The number of aryl methyl sites for hydroxylation is 1. The van der Waals surface area contributed by atoms with E-state index in [9.17, 15) is 9.59 Å². The van der Waals surface area contributed by atoms with Crippen LogP contribution in [0.1, 0.15) is 12.5 Å². The van der Waals surface area contributed by atoms with E-state index in [0.717, 1.165) is 5.70 Å².